The van der Waals surface area contributed by atoms with Crippen LogP contribution in [0, 0.1) is 0 Å². The molecule has 0 bridgehead atoms. The Morgan fingerprint density at radius 1 is 1.36 bits per heavy atom. The molecule has 22 heavy (non-hydrogen) atoms. The van der Waals surface area contributed by atoms with Crippen molar-refractivity contribution in [3.8, 4) is 0 Å². The molecule has 2 aromatic heterocycles. The summed E-state index contributed by atoms with van der Waals surface area (Å²) in [7, 11) is 0. The largest absolute Gasteiger partial charge is 0.444 e. The highest BCUT2D eigenvalue weighted by Gasteiger charge is 2.16. The van der Waals surface area contributed by atoms with Crippen LogP contribution < -0.4 is 5.32 Å². The summed E-state index contributed by atoms with van der Waals surface area (Å²) in [6.45, 7) is 6.22. The Morgan fingerprint density at radius 3 is 2.82 bits per heavy atom. The van der Waals surface area contributed by atoms with Gasteiger partial charge in [0.2, 0.25) is 0 Å². The number of pyridine rings is 1. The molecule has 0 aliphatic heterocycles. The molecule has 0 radical (unpaired) electrons. The van der Waals surface area contributed by atoms with Crippen molar-refractivity contribution in [1.82, 2.24) is 25.3 Å². The Labute approximate surface area is 137 Å². The molecule has 2 rings (SSSR count). The van der Waals surface area contributed by atoms with Gasteiger partial charge in [0, 0.05) is 0 Å². The van der Waals surface area contributed by atoms with Crippen molar-refractivity contribution in [2.75, 3.05) is 0 Å². The van der Waals surface area contributed by atoms with Gasteiger partial charge in [-0.2, -0.15) is 0 Å². The van der Waals surface area contributed by atoms with Gasteiger partial charge in [-0.1, -0.05) is 11.3 Å². The third kappa shape index (κ3) is 5.44. The van der Waals surface area contributed by atoms with Gasteiger partial charge in [0.1, 0.15) is 15.9 Å². The van der Waals surface area contributed by atoms with E-state index < -0.39 is 11.7 Å². The fraction of sp³-hybridized carbons (Fsp3) is 0.429. The van der Waals surface area contributed by atoms with E-state index in [1.54, 1.807) is 10.9 Å². The molecule has 0 saturated heterocycles. The van der Waals surface area contributed by atoms with E-state index in [4.69, 9.17) is 4.74 Å². The van der Waals surface area contributed by atoms with E-state index >= 15 is 0 Å². The van der Waals surface area contributed by atoms with Crippen molar-refractivity contribution in [3.63, 3.8) is 0 Å². The number of amides is 1. The minimum Gasteiger partial charge on any atom is -0.444 e. The summed E-state index contributed by atoms with van der Waals surface area (Å²) in [5, 5.41) is 10.7. The highest BCUT2D eigenvalue weighted by atomic mass is 79.9. The first-order valence-corrected chi connectivity index (χ1v) is 7.58. The zero-order valence-corrected chi connectivity index (χ0v) is 14.3. The highest BCUT2D eigenvalue weighted by molar-refractivity contribution is 9.10. The summed E-state index contributed by atoms with van der Waals surface area (Å²) in [4.78, 5) is 15.9. The van der Waals surface area contributed by atoms with Gasteiger partial charge in [0.25, 0.3) is 0 Å². The molecule has 0 unspecified atom stereocenters. The number of aromatic nitrogens is 4. The van der Waals surface area contributed by atoms with Gasteiger partial charge < -0.3 is 10.1 Å². The Hall–Kier alpha value is -1.96. The lowest BCUT2D eigenvalue weighted by Gasteiger charge is -2.19. The fourth-order valence-electron chi connectivity index (χ4n) is 1.68. The monoisotopic (exact) mass is 367 g/mol. The van der Waals surface area contributed by atoms with Gasteiger partial charge in [0.05, 0.1) is 25.0 Å². The van der Waals surface area contributed by atoms with Crippen molar-refractivity contribution < 1.29 is 9.53 Å². The van der Waals surface area contributed by atoms with Crippen LogP contribution in [0.4, 0.5) is 4.79 Å². The second-order valence-corrected chi connectivity index (χ2v) is 6.53. The van der Waals surface area contributed by atoms with Crippen molar-refractivity contribution in [2.24, 2.45) is 0 Å². The number of hydrogen-bond donors (Lipinski definition) is 1. The standard InChI is InChI=1S/C14H18BrN5O2/c1-14(2,3)22-13(21)16-7-11-9-20(19-18-11)8-10-5-4-6-12(15)17-10/h4-6,9H,7-8H2,1-3H3,(H,16,21). The average Bonchev–Trinajstić information content (AvgIpc) is 2.82. The molecule has 0 atom stereocenters. The van der Waals surface area contributed by atoms with Crippen LogP contribution in [-0.4, -0.2) is 31.7 Å². The van der Waals surface area contributed by atoms with E-state index in [0.717, 1.165) is 10.3 Å². The third-order valence-electron chi connectivity index (χ3n) is 2.50. The number of halogens is 1. The predicted molar refractivity (Wildman–Crippen MR) is 84.1 cm³/mol. The zero-order chi connectivity index (χ0) is 16.2. The van der Waals surface area contributed by atoms with Gasteiger partial charge >= 0.3 is 6.09 Å². The first kappa shape index (κ1) is 16.4. The van der Waals surface area contributed by atoms with Crippen molar-refractivity contribution in [3.05, 3.63) is 40.4 Å². The van der Waals surface area contributed by atoms with Gasteiger partial charge in [-0.3, -0.25) is 0 Å². The maximum atomic E-state index is 11.6. The minimum absolute atomic E-state index is 0.265. The van der Waals surface area contributed by atoms with E-state index in [-0.39, 0.29) is 6.54 Å². The molecular weight excluding hydrogens is 350 g/mol. The topological polar surface area (TPSA) is 81.9 Å². The van der Waals surface area contributed by atoms with Crippen LogP contribution in [0.25, 0.3) is 0 Å². The van der Waals surface area contributed by atoms with Crippen LogP contribution in [-0.2, 0) is 17.8 Å². The van der Waals surface area contributed by atoms with Gasteiger partial charge in [0.15, 0.2) is 0 Å². The van der Waals surface area contributed by atoms with Crippen molar-refractivity contribution in [2.45, 2.75) is 39.5 Å². The molecule has 1 amide bonds. The molecule has 2 heterocycles. The van der Waals surface area contributed by atoms with E-state index in [0.29, 0.717) is 12.2 Å². The second kappa shape index (κ2) is 6.87. The number of ether oxygens (including phenoxy) is 1. The number of hydrogen-bond acceptors (Lipinski definition) is 5. The number of nitrogens with one attached hydrogen (secondary N) is 1. The number of rotatable bonds is 4. The summed E-state index contributed by atoms with van der Waals surface area (Å²) in [6, 6.07) is 5.68. The molecule has 1 N–H and O–H groups in total. The maximum absolute atomic E-state index is 11.6. The predicted octanol–water partition coefficient (Wildman–Crippen LogP) is 2.51. The Bertz CT molecular complexity index is 651. The molecule has 0 aliphatic carbocycles. The van der Waals surface area contributed by atoms with Crippen molar-refractivity contribution >= 4 is 22.0 Å². The molecular formula is C14H18BrN5O2. The SMILES string of the molecule is CC(C)(C)OC(=O)NCc1cn(Cc2cccc(Br)n2)nn1. The van der Waals surface area contributed by atoms with Crippen LogP contribution in [0.3, 0.4) is 0 Å². The summed E-state index contributed by atoms with van der Waals surface area (Å²) in [5.41, 5.74) is 1.00. The Morgan fingerprint density at radius 2 is 2.14 bits per heavy atom. The Kier molecular flexibility index (Phi) is 5.12. The average molecular weight is 368 g/mol. The quantitative estimate of drug-likeness (QED) is 0.839. The number of carbonyl (C=O) groups is 1. The van der Waals surface area contributed by atoms with E-state index in [9.17, 15) is 4.79 Å². The fourth-order valence-corrected chi connectivity index (χ4v) is 2.06. The molecule has 8 heteroatoms. The molecule has 118 valence electrons. The lowest BCUT2D eigenvalue weighted by molar-refractivity contribution is 0.0523. The van der Waals surface area contributed by atoms with E-state index in [1.807, 2.05) is 39.0 Å². The first-order valence-electron chi connectivity index (χ1n) is 6.79. The summed E-state index contributed by atoms with van der Waals surface area (Å²) in [6.07, 6.45) is 1.29. The molecule has 0 aromatic carbocycles. The summed E-state index contributed by atoms with van der Waals surface area (Å²) < 4.78 is 7.60. The number of nitrogens with zero attached hydrogens (tertiary/aromatic N) is 4. The second-order valence-electron chi connectivity index (χ2n) is 5.71. The summed E-state index contributed by atoms with van der Waals surface area (Å²) in [5.74, 6) is 0. The highest BCUT2D eigenvalue weighted by Crippen LogP contribution is 2.08. The summed E-state index contributed by atoms with van der Waals surface area (Å²) >= 11 is 3.33. The van der Waals surface area contributed by atoms with Crippen LogP contribution in [0.5, 0.6) is 0 Å². The lowest BCUT2D eigenvalue weighted by Crippen LogP contribution is -2.32. The number of carbonyl (C=O) groups excluding carboxylic acids is 1. The van der Waals surface area contributed by atoms with Gasteiger partial charge in [-0.25, -0.2) is 14.5 Å². The molecule has 0 spiro atoms. The molecule has 2 aromatic rings. The van der Waals surface area contributed by atoms with E-state index in [1.165, 1.54) is 0 Å². The van der Waals surface area contributed by atoms with Crippen LogP contribution in [0.15, 0.2) is 29.0 Å². The zero-order valence-electron chi connectivity index (χ0n) is 12.7. The van der Waals surface area contributed by atoms with Crippen molar-refractivity contribution in [1.29, 1.82) is 0 Å². The van der Waals surface area contributed by atoms with Gasteiger partial charge in [-0.05, 0) is 48.8 Å². The maximum Gasteiger partial charge on any atom is 0.407 e. The Balaban J connectivity index is 1.88. The van der Waals surface area contributed by atoms with Gasteiger partial charge in [-0.15, -0.1) is 5.10 Å². The molecule has 0 saturated carbocycles. The van der Waals surface area contributed by atoms with Crippen LogP contribution in [0.2, 0.25) is 0 Å². The molecule has 0 fully saturated rings. The normalized spacial score (nSPS) is 11.3. The first-order chi connectivity index (χ1) is 10.3. The lowest BCUT2D eigenvalue weighted by atomic mass is 10.2. The third-order valence-corrected chi connectivity index (χ3v) is 2.94. The smallest absolute Gasteiger partial charge is 0.407 e. The van der Waals surface area contributed by atoms with Crippen LogP contribution >= 0.6 is 15.9 Å². The van der Waals surface area contributed by atoms with E-state index in [2.05, 4.69) is 36.5 Å². The molecule has 0 aliphatic rings. The van der Waals surface area contributed by atoms with Crippen LogP contribution in [0.1, 0.15) is 32.2 Å². The molecule has 7 nitrogen and oxygen atoms in total. The minimum atomic E-state index is -0.520. The number of alkyl carbamates (subject to hydrolysis) is 1.